The summed E-state index contributed by atoms with van der Waals surface area (Å²) in [6.45, 7) is 0.875. The summed E-state index contributed by atoms with van der Waals surface area (Å²) < 4.78 is 12.8. The molecule has 0 saturated heterocycles. The monoisotopic (exact) mass is 166 g/mol. The van der Waals surface area contributed by atoms with Gasteiger partial charge in [-0.05, 0) is 30.2 Å². The molecule has 0 unspecified atom stereocenters. The Kier molecular flexibility index (Phi) is 1.73. The van der Waals surface area contributed by atoms with E-state index >= 15 is 0 Å². The molecule has 0 aliphatic carbocycles. The summed E-state index contributed by atoms with van der Waals surface area (Å²) in [5.41, 5.74) is 7.67. The number of hydrogen-bond acceptors (Lipinski definition) is 2. The number of hydrogen-bond donors (Lipinski definition) is 2. The number of halogens is 1. The number of nitrogens with two attached hydrogens (primary N) is 1. The van der Waals surface area contributed by atoms with Crippen molar-refractivity contribution in [1.82, 2.24) is 0 Å². The maximum Gasteiger partial charge on any atom is 0.123 e. The fourth-order valence-electron chi connectivity index (χ4n) is 1.52. The first kappa shape index (κ1) is 7.55. The second-order valence-electron chi connectivity index (χ2n) is 3.05. The summed E-state index contributed by atoms with van der Waals surface area (Å²) in [6.07, 6.45) is 0.871. The minimum Gasteiger partial charge on any atom is -0.385 e. The van der Waals surface area contributed by atoms with Crippen molar-refractivity contribution < 1.29 is 4.39 Å². The summed E-state index contributed by atoms with van der Waals surface area (Å²) in [5, 5.41) is 3.17. The number of rotatable bonds is 0. The van der Waals surface area contributed by atoms with E-state index < -0.39 is 0 Å². The second kappa shape index (κ2) is 2.75. The van der Waals surface area contributed by atoms with Gasteiger partial charge in [0.25, 0.3) is 0 Å². The van der Waals surface area contributed by atoms with Crippen LogP contribution in [-0.2, 0) is 0 Å². The average molecular weight is 166 g/mol. The van der Waals surface area contributed by atoms with Crippen molar-refractivity contribution in [3.8, 4) is 0 Å². The minimum absolute atomic E-state index is 0.0167. The fraction of sp³-hybridized carbons (Fsp3) is 0.333. The fourth-order valence-corrected chi connectivity index (χ4v) is 1.52. The van der Waals surface area contributed by atoms with Crippen LogP contribution in [0.4, 0.5) is 10.1 Å². The topological polar surface area (TPSA) is 38.0 Å². The third-order valence-electron chi connectivity index (χ3n) is 2.18. The van der Waals surface area contributed by atoms with Gasteiger partial charge in [0.05, 0.1) is 0 Å². The first-order chi connectivity index (χ1) is 5.77. The smallest absolute Gasteiger partial charge is 0.123 e. The maximum atomic E-state index is 12.8. The predicted molar refractivity (Wildman–Crippen MR) is 46.4 cm³/mol. The van der Waals surface area contributed by atoms with Crippen LogP contribution in [-0.4, -0.2) is 6.54 Å². The van der Waals surface area contributed by atoms with Crippen LogP contribution in [0.5, 0.6) is 0 Å². The molecular formula is C9H11FN2. The highest BCUT2D eigenvalue weighted by atomic mass is 19.1. The van der Waals surface area contributed by atoms with Gasteiger partial charge in [0, 0.05) is 18.3 Å². The summed E-state index contributed by atoms with van der Waals surface area (Å²) in [7, 11) is 0. The minimum atomic E-state index is -0.215. The maximum absolute atomic E-state index is 12.8. The van der Waals surface area contributed by atoms with E-state index in [2.05, 4.69) is 5.32 Å². The Morgan fingerprint density at radius 1 is 1.50 bits per heavy atom. The Bertz CT molecular complexity index is 299. The summed E-state index contributed by atoms with van der Waals surface area (Å²) in [4.78, 5) is 0. The van der Waals surface area contributed by atoms with E-state index in [1.807, 2.05) is 0 Å². The zero-order chi connectivity index (χ0) is 8.55. The van der Waals surface area contributed by atoms with Gasteiger partial charge in [-0.3, -0.25) is 0 Å². The Balaban J connectivity index is 2.47. The molecule has 1 heterocycles. The summed E-state index contributed by atoms with van der Waals surface area (Å²) in [5.74, 6) is -0.215. The van der Waals surface area contributed by atoms with E-state index in [0.29, 0.717) is 0 Å². The largest absolute Gasteiger partial charge is 0.385 e. The van der Waals surface area contributed by atoms with Gasteiger partial charge in [0.1, 0.15) is 5.82 Å². The molecule has 1 aromatic rings. The first-order valence-corrected chi connectivity index (χ1v) is 4.06. The lowest BCUT2D eigenvalue weighted by atomic mass is 9.99. The van der Waals surface area contributed by atoms with E-state index in [1.165, 1.54) is 12.1 Å². The SMILES string of the molecule is N[C@H]1CCNc2ccc(F)cc21. The van der Waals surface area contributed by atoms with Gasteiger partial charge in [-0.25, -0.2) is 4.39 Å². The molecule has 0 spiro atoms. The highest BCUT2D eigenvalue weighted by molar-refractivity contribution is 5.54. The zero-order valence-electron chi connectivity index (χ0n) is 6.68. The number of nitrogens with one attached hydrogen (secondary N) is 1. The van der Waals surface area contributed by atoms with Gasteiger partial charge in [-0.1, -0.05) is 0 Å². The third-order valence-corrected chi connectivity index (χ3v) is 2.18. The molecule has 0 amide bonds. The van der Waals surface area contributed by atoms with Crippen LogP contribution in [0, 0.1) is 5.82 Å². The molecule has 2 nitrogen and oxygen atoms in total. The van der Waals surface area contributed by atoms with Gasteiger partial charge in [0.15, 0.2) is 0 Å². The van der Waals surface area contributed by atoms with E-state index in [0.717, 1.165) is 24.2 Å². The normalized spacial score (nSPS) is 21.3. The molecule has 1 aromatic carbocycles. The molecule has 12 heavy (non-hydrogen) atoms. The lowest BCUT2D eigenvalue weighted by molar-refractivity contribution is 0.608. The highest BCUT2D eigenvalue weighted by Crippen LogP contribution is 2.28. The Morgan fingerprint density at radius 3 is 3.17 bits per heavy atom. The van der Waals surface area contributed by atoms with Crippen LogP contribution >= 0.6 is 0 Å². The molecular weight excluding hydrogens is 155 g/mol. The number of benzene rings is 1. The van der Waals surface area contributed by atoms with Crippen LogP contribution < -0.4 is 11.1 Å². The van der Waals surface area contributed by atoms with Gasteiger partial charge >= 0.3 is 0 Å². The molecule has 2 rings (SSSR count). The Labute approximate surface area is 70.6 Å². The van der Waals surface area contributed by atoms with Crippen LogP contribution in [0.3, 0.4) is 0 Å². The molecule has 1 aliphatic heterocycles. The zero-order valence-corrected chi connectivity index (χ0v) is 6.68. The van der Waals surface area contributed by atoms with Crippen LogP contribution in [0.15, 0.2) is 18.2 Å². The highest BCUT2D eigenvalue weighted by Gasteiger charge is 2.16. The van der Waals surface area contributed by atoms with Crippen molar-refractivity contribution in [3.63, 3.8) is 0 Å². The Hall–Kier alpha value is -1.09. The van der Waals surface area contributed by atoms with E-state index in [9.17, 15) is 4.39 Å². The first-order valence-electron chi connectivity index (χ1n) is 4.06. The third kappa shape index (κ3) is 1.16. The van der Waals surface area contributed by atoms with E-state index in [-0.39, 0.29) is 11.9 Å². The molecule has 3 N–H and O–H groups in total. The van der Waals surface area contributed by atoms with Crippen LogP contribution in [0.1, 0.15) is 18.0 Å². The van der Waals surface area contributed by atoms with Crippen LogP contribution in [0.25, 0.3) is 0 Å². The predicted octanol–water partition coefficient (Wildman–Crippen LogP) is 1.64. The van der Waals surface area contributed by atoms with Crippen molar-refractivity contribution in [3.05, 3.63) is 29.6 Å². The van der Waals surface area contributed by atoms with Gasteiger partial charge in [-0.15, -0.1) is 0 Å². The molecule has 0 radical (unpaired) electrons. The van der Waals surface area contributed by atoms with Crippen molar-refractivity contribution in [2.45, 2.75) is 12.5 Å². The van der Waals surface area contributed by atoms with Gasteiger partial charge in [-0.2, -0.15) is 0 Å². The van der Waals surface area contributed by atoms with Crippen molar-refractivity contribution in [2.24, 2.45) is 5.73 Å². The lowest BCUT2D eigenvalue weighted by Crippen LogP contribution is -2.22. The standard InChI is InChI=1S/C9H11FN2/c10-6-1-2-9-7(5-6)8(11)3-4-12-9/h1-2,5,8,12H,3-4,11H2/t8-/m0/s1. The molecule has 1 aliphatic rings. The van der Waals surface area contributed by atoms with Gasteiger partial charge in [0.2, 0.25) is 0 Å². The average Bonchev–Trinajstić information content (AvgIpc) is 2.07. The molecule has 0 fully saturated rings. The summed E-state index contributed by atoms with van der Waals surface area (Å²) >= 11 is 0. The quantitative estimate of drug-likeness (QED) is 0.615. The lowest BCUT2D eigenvalue weighted by Gasteiger charge is -2.23. The number of anilines is 1. The summed E-state index contributed by atoms with van der Waals surface area (Å²) in [6, 6.07) is 4.68. The number of fused-ring (bicyclic) bond motifs is 1. The molecule has 64 valence electrons. The molecule has 3 heteroatoms. The van der Waals surface area contributed by atoms with Crippen molar-refractivity contribution in [1.29, 1.82) is 0 Å². The van der Waals surface area contributed by atoms with E-state index in [1.54, 1.807) is 6.07 Å². The Morgan fingerprint density at radius 2 is 2.33 bits per heavy atom. The molecule has 0 saturated carbocycles. The second-order valence-corrected chi connectivity index (χ2v) is 3.05. The van der Waals surface area contributed by atoms with Crippen molar-refractivity contribution >= 4 is 5.69 Å². The van der Waals surface area contributed by atoms with Crippen LogP contribution in [0.2, 0.25) is 0 Å². The molecule has 0 aromatic heterocycles. The molecule has 0 bridgehead atoms. The van der Waals surface area contributed by atoms with Crippen molar-refractivity contribution in [2.75, 3.05) is 11.9 Å². The molecule has 1 atom stereocenters. The van der Waals surface area contributed by atoms with Gasteiger partial charge < -0.3 is 11.1 Å². The van der Waals surface area contributed by atoms with E-state index in [4.69, 9.17) is 5.73 Å².